The maximum atomic E-state index is 12.5. The van der Waals surface area contributed by atoms with Gasteiger partial charge in [0.25, 0.3) is 0 Å². The summed E-state index contributed by atoms with van der Waals surface area (Å²) in [6.45, 7) is 4.90. The molecule has 6 heteroatoms. The molecule has 0 bridgehead atoms. The van der Waals surface area contributed by atoms with E-state index in [0.29, 0.717) is 19.4 Å². The van der Waals surface area contributed by atoms with Gasteiger partial charge in [0.05, 0.1) is 25.4 Å². The Labute approximate surface area is 412 Å². The number of unbranched alkanes of at least 4 members (excludes halogenated alkanes) is 45. The van der Waals surface area contributed by atoms with Crippen molar-refractivity contribution >= 4 is 11.9 Å². The van der Waals surface area contributed by atoms with E-state index >= 15 is 0 Å². The number of carbonyl (C=O) groups is 2. The highest BCUT2D eigenvalue weighted by Gasteiger charge is 2.18. The highest BCUT2D eigenvalue weighted by Crippen LogP contribution is 2.18. The number of aliphatic hydroxyl groups excluding tert-OH is 2. The van der Waals surface area contributed by atoms with Gasteiger partial charge in [0.2, 0.25) is 5.91 Å². The Hall–Kier alpha value is -1.40. The number of allylic oxidation sites excluding steroid dienone is 1. The largest absolute Gasteiger partial charge is 0.466 e. The molecule has 1 amide bonds. The molecule has 0 aromatic rings. The third-order valence-corrected chi connectivity index (χ3v) is 14.1. The molecule has 0 aliphatic heterocycles. The van der Waals surface area contributed by atoms with Crippen molar-refractivity contribution in [2.45, 2.75) is 347 Å². The molecule has 0 saturated carbocycles. The summed E-state index contributed by atoms with van der Waals surface area (Å²) in [6, 6.07) is -0.637. The second kappa shape index (κ2) is 56.2. The summed E-state index contributed by atoms with van der Waals surface area (Å²) in [6.07, 6.45) is 66.7. The molecule has 0 fully saturated rings. The molecule has 0 saturated heterocycles. The lowest BCUT2D eigenvalue weighted by Crippen LogP contribution is -2.45. The predicted octanol–water partition coefficient (Wildman–Crippen LogP) is 18.5. The lowest BCUT2D eigenvalue weighted by molar-refractivity contribution is -0.143. The molecule has 6 nitrogen and oxygen atoms in total. The van der Waals surface area contributed by atoms with Crippen molar-refractivity contribution in [2.75, 3.05) is 13.2 Å². The first-order valence-corrected chi connectivity index (χ1v) is 30.0. The first-order chi connectivity index (χ1) is 32.5. The number of esters is 1. The van der Waals surface area contributed by atoms with Crippen LogP contribution in [0, 0.1) is 0 Å². The van der Waals surface area contributed by atoms with E-state index in [1.54, 1.807) is 6.08 Å². The molecule has 0 aromatic carbocycles. The first kappa shape index (κ1) is 64.6. The van der Waals surface area contributed by atoms with Crippen LogP contribution in [0.5, 0.6) is 0 Å². The van der Waals surface area contributed by atoms with E-state index in [9.17, 15) is 19.8 Å². The monoisotopic (exact) mass is 932 g/mol. The third-order valence-electron chi connectivity index (χ3n) is 14.1. The van der Waals surface area contributed by atoms with Crippen molar-refractivity contribution in [1.29, 1.82) is 0 Å². The molecule has 0 radical (unpaired) electrons. The number of ether oxygens (including phenoxy) is 1. The summed E-state index contributed by atoms with van der Waals surface area (Å²) in [5.74, 6) is -0.0819. The van der Waals surface area contributed by atoms with Gasteiger partial charge in [-0.05, 0) is 32.1 Å². The van der Waals surface area contributed by atoms with Crippen molar-refractivity contribution in [2.24, 2.45) is 0 Å². The van der Waals surface area contributed by atoms with Crippen molar-refractivity contribution in [3.05, 3.63) is 12.2 Å². The van der Waals surface area contributed by atoms with E-state index in [2.05, 4.69) is 19.2 Å². The maximum absolute atomic E-state index is 12.5. The Kier molecular flexibility index (Phi) is 55.0. The number of amides is 1. The van der Waals surface area contributed by atoms with Crippen LogP contribution in [-0.4, -0.2) is 47.4 Å². The fourth-order valence-corrected chi connectivity index (χ4v) is 9.46. The zero-order valence-corrected chi connectivity index (χ0v) is 44.7. The average Bonchev–Trinajstić information content (AvgIpc) is 3.32. The number of rotatable bonds is 56. The van der Waals surface area contributed by atoms with Crippen LogP contribution in [0.3, 0.4) is 0 Å². The second-order valence-electron chi connectivity index (χ2n) is 20.7. The molecule has 66 heavy (non-hydrogen) atoms. The van der Waals surface area contributed by atoms with Gasteiger partial charge in [0.1, 0.15) is 0 Å². The van der Waals surface area contributed by atoms with Crippen LogP contribution >= 0.6 is 0 Å². The standard InChI is InChI=1S/C60H117NO5/c1-3-5-7-9-11-13-15-17-18-19-20-21-22-23-24-25-26-27-29-32-36-40-44-48-52-58(63)57(56-62)61-59(64)53-49-45-41-37-33-30-28-31-35-39-43-47-51-55-66-60(65)54-50-46-42-38-34-16-14-12-10-8-6-4-2/h48,52,57-58,62-63H,3-47,49-51,53-56H2,1-2H3,(H,61,64)/b52-48+. The average molecular weight is 933 g/mol. The van der Waals surface area contributed by atoms with Gasteiger partial charge >= 0.3 is 5.97 Å². The van der Waals surface area contributed by atoms with E-state index in [1.165, 1.54) is 250 Å². The zero-order valence-electron chi connectivity index (χ0n) is 44.7. The minimum Gasteiger partial charge on any atom is -0.466 e. The van der Waals surface area contributed by atoms with Crippen molar-refractivity contribution < 1.29 is 24.5 Å². The van der Waals surface area contributed by atoms with Crippen LogP contribution in [-0.2, 0) is 14.3 Å². The highest BCUT2D eigenvalue weighted by molar-refractivity contribution is 5.76. The van der Waals surface area contributed by atoms with Gasteiger partial charge in [-0.25, -0.2) is 0 Å². The minimum atomic E-state index is -0.853. The Balaban J connectivity index is 3.47. The first-order valence-electron chi connectivity index (χ1n) is 30.0. The van der Waals surface area contributed by atoms with Crippen LogP contribution < -0.4 is 5.32 Å². The topological polar surface area (TPSA) is 95.9 Å². The summed E-state index contributed by atoms with van der Waals surface area (Å²) in [4.78, 5) is 24.5. The van der Waals surface area contributed by atoms with E-state index in [4.69, 9.17) is 4.74 Å². The molecule has 392 valence electrons. The third kappa shape index (κ3) is 52.0. The fourth-order valence-electron chi connectivity index (χ4n) is 9.46. The number of hydrogen-bond acceptors (Lipinski definition) is 5. The summed E-state index contributed by atoms with van der Waals surface area (Å²) < 4.78 is 5.46. The van der Waals surface area contributed by atoms with E-state index in [0.717, 1.165) is 57.8 Å². The molecular formula is C60H117NO5. The van der Waals surface area contributed by atoms with E-state index in [1.807, 2.05) is 6.08 Å². The zero-order chi connectivity index (χ0) is 47.9. The van der Waals surface area contributed by atoms with Gasteiger partial charge in [-0.1, -0.05) is 302 Å². The molecule has 0 heterocycles. The smallest absolute Gasteiger partial charge is 0.305 e. The van der Waals surface area contributed by atoms with Gasteiger partial charge in [-0.15, -0.1) is 0 Å². The van der Waals surface area contributed by atoms with Crippen LogP contribution in [0.1, 0.15) is 335 Å². The highest BCUT2D eigenvalue weighted by atomic mass is 16.5. The van der Waals surface area contributed by atoms with Gasteiger partial charge in [-0.3, -0.25) is 9.59 Å². The van der Waals surface area contributed by atoms with E-state index < -0.39 is 12.1 Å². The Bertz CT molecular complexity index is 986. The lowest BCUT2D eigenvalue weighted by Gasteiger charge is -2.20. The predicted molar refractivity (Wildman–Crippen MR) is 287 cm³/mol. The van der Waals surface area contributed by atoms with Gasteiger partial charge < -0.3 is 20.3 Å². The fraction of sp³-hybridized carbons (Fsp3) is 0.933. The lowest BCUT2D eigenvalue weighted by atomic mass is 10.0. The van der Waals surface area contributed by atoms with Gasteiger partial charge in [0.15, 0.2) is 0 Å². The quantitative estimate of drug-likeness (QED) is 0.0321. The minimum absolute atomic E-state index is 0.00517. The molecular weight excluding hydrogens is 815 g/mol. The number of nitrogens with one attached hydrogen (secondary N) is 1. The van der Waals surface area contributed by atoms with Crippen LogP contribution in [0.4, 0.5) is 0 Å². The maximum Gasteiger partial charge on any atom is 0.305 e. The molecule has 3 N–H and O–H groups in total. The number of carbonyl (C=O) groups excluding carboxylic acids is 2. The Morgan fingerprint density at radius 2 is 0.697 bits per heavy atom. The molecule has 2 unspecified atom stereocenters. The summed E-state index contributed by atoms with van der Waals surface area (Å²) in [5.41, 5.74) is 0. The van der Waals surface area contributed by atoms with Crippen LogP contribution in [0.15, 0.2) is 12.2 Å². The summed E-state index contributed by atoms with van der Waals surface area (Å²) >= 11 is 0. The molecule has 0 aliphatic rings. The van der Waals surface area contributed by atoms with Crippen LogP contribution in [0.25, 0.3) is 0 Å². The molecule has 0 aromatic heterocycles. The van der Waals surface area contributed by atoms with Crippen molar-refractivity contribution in [3.63, 3.8) is 0 Å². The van der Waals surface area contributed by atoms with Crippen molar-refractivity contribution in [1.82, 2.24) is 5.32 Å². The van der Waals surface area contributed by atoms with Gasteiger partial charge in [0, 0.05) is 12.8 Å². The Morgan fingerprint density at radius 3 is 1.03 bits per heavy atom. The molecule has 0 spiro atoms. The van der Waals surface area contributed by atoms with Gasteiger partial charge in [-0.2, -0.15) is 0 Å². The Morgan fingerprint density at radius 1 is 0.409 bits per heavy atom. The van der Waals surface area contributed by atoms with Crippen molar-refractivity contribution in [3.8, 4) is 0 Å². The summed E-state index contributed by atoms with van der Waals surface area (Å²) in [5, 5.41) is 23.2. The molecule has 0 rings (SSSR count). The number of hydrogen-bond donors (Lipinski definition) is 3. The molecule has 2 atom stereocenters. The number of aliphatic hydroxyl groups is 2. The van der Waals surface area contributed by atoms with Crippen LogP contribution in [0.2, 0.25) is 0 Å². The van der Waals surface area contributed by atoms with E-state index in [-0.39, 0.29) is 18.5 Å². The normalized spacial score (nSPS) is 12.6. The SMILES string of the molecule is CCCCCCCCCCCCCCCCCCCCCCCC/C=C/C(O)C(CO)NC(=O)CCCCCCCCCCCCCCCOC(=O)CCCCCCCCCCCCCC. The summed E-state index contributed by atoms with van der Waals surface area (Å²) in [7, 11) is 0. The second-order valence-corrected chi connectivity index (χ2v) is 20.7. The molecule has 0 aliphatic carbocycles.